The summed E-state index contributed by atoms with van der Waals surface area (Å²) in [5.41, 5.74) is 1.26. The molecule has 1 aliphatic rings. The number of hydrogen-bond acceptors (Lipinski definition) is 2. The van der Waals surface area contributed by atoms with Gasteiger partial charge >= 0.3 is 0 Å². The van der Waals surface area contributed by atoms with E-state index in [4.69, 9.17) is 4.74 Å². The fraction of sp³-hybridized carbons (Fsp3) is 0.571. The van der Waals surface area contributed by atoms with Crippen molar-refractivity contribution in [1.29, 1.82) is 0 Å². The molecule has 0 unspecified atom stereocenters. The summed E-state index contributed by atoms with van der Waals surface area (Å²) in [6.07, 6.45) is 5.48. The Kier molecular flexibility index (Phi) is 3.83. The lowest BCUT2D eigenvalue weighted by Crippen LogP contribution is -2.17. The second kappa shape index (κ2) is 5.35. The molecule has 16 heavy (non-hydrogen) atoms. The summed E-state index contributed by atoms with van der Waals surface area (Å²) in [6.45, 7) is 2.16. The smallest absolute Gasteiger partial charge is 0.124 e. The molecule has 1 aromatic rings. The molecule has 2 heteroatoms. The predicted molar refractivity (Wildman–Crippen MR) is 66.8 cm³/mol. The van der Waals surface area contributed by atoms with Gasteiger partial charge in [0.15, 0.2) is 0 Å². The van der Waals surface area contributed by atoms with Crippen molar-refractivity contribution >= 4 is 0 Å². The summed E-state index contributed by atoms with van der Waals surface area (Å²) < 4.78 is 6.09. The lowest BCUT2D eigenvalue weighted by atomic mass is 10.1. The number of ether oxygens (including phenoxy) is 1. The Balaban J connectivity index is 2.12. The van der Waals surface area contributed by atoms with Crippen LogP contribution in [-0.4, -0.2) is 13.2 Å². The van der Waals surface area contributed by atoms with E-state index in [2.05, 4.69) is 36.5 Å². The van der Waals surface area contributed by atoms with Crippen LogP contribution < -0.4 is 10.1 Å². The van der Waals surface area contributed by atoms with E-state index < -0.39 is 0 Å². The largest absolute Gasteiger partial charge is 0.490 e. The van der Waals surface area contributed by atoms with Crippen molar-refractivity contribution in [2.24, 2.45) is 0 Å². The maximum absolute atomic E-state index is 6.09. The van der Waals surface area contributed by atoms with Gasteiger partial charge in [0, 0.05) is 11.6 Å². The average Bonchev–Trinajstić information content (AvgIpc) is 2.82. The van der Waals surface area contributed by atoms with E-state index in [9.17, 15) is 0 Å². The lowest BCUT2D eigenvalue weighted by molar-refractivity contribution is 0.206. The van der Waals surface area contributed by atoms with Gasteiger partial charge < -0.3 is 10.1 Å². The fourth-order valence-corrected chi connectivity index (χ4v) is 2.29. The Hall–Kier alpha value is -1.02. The van der Waals surface area contributed by atoms with Crippen LogP contribution in [0.4, 0.5) is 0 Å². The zero-order valence-corrected chi connectivity index (χ0v) is 10.2. The highest BCUT2D eigenvalue weighted by Crippen LogP contribution is 2.29. The number of para-hydroxylation sites is 1. The Labute approximate surface area is 98.0 Å². The molecule has 1 atom stereocenters. The molecule has 0 bridgehead atoms. The first-order valence-electron chi connectivity index (χ1n) is 6.24. The number of rotatable bonds is 4. The Morgan fingerprint density at radius 1 is 1.25 bits per heavy atom. The van der Waals surface area contributed by atoms with E-state index in [1.165, 1.54) is 31.2 Å². The number of benzene rings is 1. The van der Waals surface area contributed by atoms with Crippen molar-refractivity contribution in [1.82, 2.24) is 5.32 Å². The van der Waals surface area contributed by atoms with Crippen LogP contribution in [0, 0.1) is 0 Å². The van der Waals surface area contributed by atoms with E-state index in [0.717, 1.165) is 5.75 Å². The molecule has 2 rings (SSSR count). The summed E-state index contributed by atoms with van der Waals surface area (Å²) in [5.74, 6) is 1.05. The first kappa shape index (κ1) is 11.5. The van der Waals surface area contributed by atoms with Crippen molar-refractivity contribution in [2.45, 2.75) is 44.8 Å². The van der Waals surface area contributed by atoms with Crippen molar-refractivity contribution in [3.63, 3.8) is 0 Å². The minimum atomic E-state index is 0.345. The van der Waals surface area contributed by atoms with Gasteiger partial charge in [0.1, 0.15) is 5.75 Å². The quantitative estimate of drug-likeness (QED) is 0.839. The Morgan fingerprint density at radius 3 is 2.62 bits per heavy atom. The molecule has 0 aromatic heterocycles. The van der Waals surface area contributed by atoms with Crippen molar-refractivity contribution in [2.75, 3.05) is 7.05 Å². The third kappa shape index (κ3) is 2.56. The molecule has 1 saturated carbocycles. The first-order chi connectivity index (χ1) is 7.81. The van der Waals surface area contributed by atoms with Crippen LogP contribution in [0.5, 0.6) is 5.75 Å². The van der Waals surface area contributed by atoms with E-state index >= 15 is 0 Å². The van der Waals surface area contributed by atoms with Gasteiger partial charge in [-0.1, -0.05) is 18.2 Å². The minimum Gasteiger partial charge on any atom is -0.490 e. The van der Waals surface area contributed by atoms with Crippen LogP contribution in [-0.2, 0) is 0 Å². The molecule has 0 heterocycles. The van der Waals surface area contributed by atoms with Crippen LogP contribution in [0.2, 0.25) is 0 Å². The standard InChI is InChI=1S/C14H21NO/c1-11(15-2)13-9-5-6-10-14(13)16-12-7-3-4-8-12/h5-6,9-12,15H,3-4,7-8H2,1-2H3/t11-/m1/s1. The Bertz CT molecular complexity index is 331. The van der Waals surface area contributed by atoms with Gasteiger partial charge in [-0.25, -0.2) is 0 Å². The first-order valence-corrected chi connectivity index (χ1v) is 6.24. The zero-order chi connectivity index (χ0) is 11.4. The fourth-order valence-electron chi connectivity index (χ4n) is 2.29. The highest BCUT2D eigenvalue weighted by molar-refractivity contribution is 5.35. The molecule has 1 aliphatic carbocycles. The molecule has 1 N–H and O–H groups in total. The highest BCUT2D eigenvalue weighted by atomic mass is 16.5. The number of hydrogen-bond donors (Lipinski definition) is 1. The van der Waals surface area contributed by atoms with Crippen molar-refractivity contribution in [3.8, 4) is 5.75 Å². The topological polar surface area (TPSA) is 21.3 Å². The SMILES string of the molecule is CN[C@H](C)c1ccccc1OC1CCCC1. The molecule has 1 fully saturated rings. The molecule has 0 saturated heterocycles. The highest BCUT2D eigenvalue weighted by Gasteiger charge is 2.18. The summed E-state index contributed by atoms with van der Waals surface area (Å²) >= 11 is 0. The van der Waals surface area contributed by atoms with Gasteiger partial charge in [0.05, 0.1) is 6.10 Å². The number of nitrogens with one attached hydrogen (secondary N) is 1. The monoisotopic (exact) mass is 219 g/mol. The lowest BCUT2D eigenvalue weighted by Gasteiger charge is -2.19. The van der Waals surface area contributed by atoms with E-state index in [1.54, 1.807) is 0 Å². The van der Waals surface area contributed by atoms with Gasteiger partial charge in [-0.15, -0.1) is 0 Å². The molecule has 0 radical (unpaired) electrons. The van der Waals surface area contributed by atoms with Crippen molar-refractivity contribution in [3.05, 3.63) is 29.8 Å². The maximum Gasteiger partial charge on any atom is 0.124 e. The molecule has 1 aromatic carbocycles. The second-order valence-electron chi connectivity index (χ2n) is 4.57. The minimum absolute atomic E-state index is 0.345. The van der Waals surface area contributed by atoms with E-state index in [-0.39, 0.29) is 0 Å². The maximum atomic E-state index is 6.09. The van der Waals surface area contributed by atoms with Gasteiger partial charge in [-0.3, -0.25) is 0 Å². The van der Waals surface area contributed by atoms with Gasteiger partial charge in [0.2, 0.25) is 0 Å². The average molecular weight is 219 g/mol. The summed E-state index contributed by atoms with van der Waals surface area (Å²) in [6, 6.07) is 8.70. The molecule has 2 nitrogen and oxygen atoms in total. The second-order valence-corrected chi connectivity index (χ2v) is 4.57. The normalized spacial score (nSPS) is 18.6. The van der Waals surface area contributed by atoms with Crippen LogP contribution in [0.3, 0.4) is 0 Å². The molecular formula is C14H21NO. The molecular weight excluding hydrogens is 198 g/mol. The van der Waals surface area contributed by atoms with Crippen LogP contribution >= 0.6 is 0 Å². The molecule has 0 aliphatic heterocycles. The molecule has 0 amide bonds. The Morgan fingerprint density at radius 2 is 1.94 bits per heavy atom. The van der Waals surface area contributed by atoms with Crippen LogP contribution in [0.25, 0.3) is 0 Å². The summed E-state index contributed by atoms with van der Waals surface area (Å²) in [4.78, 5) is 0. The van der Waals surface area contributed by atoms with Crippen LogP contribution in [0.1, 0.15) is 44.2 Å². The third-order valence-corrected chi connectivity index (χ3v) is 3.41. The summed E-state index contributed by atoms with van der Waals surface area (Å²) in [7, 11) is 1.98. The zero-order valence-electron chi connectivity index (χ0n) is 10.2. The van der Waals surface area contributed by atoms with Crippen LogP contribution in [0.15, 0.2) is 24.3 Å². The van der Waals surface area contributed by atoms with Gasteiger partial charge in [-0.05, 0) is 45.7 Å². The van der Waals surface area contributed by atoms with Crippen molar-refractivity contribution < 1.29 is 4.74 Å². The molecule has 88 valence electrons. The van der Waals surface area contributed by atoms with Gasteiger partial charge in [0.25, 0.3) is 0 Å². The predicted octanol–water partition coefficient (Wildman–Crippen LogP) is 3.29. The van der Waals surface area contributed by atoms with E-state index in [1.807, 2.05) is 7.05 Å². The third-order valence-electron chi connectivity index (χ3n) is 3.41. The van der Waals surface area contributed by atoms with Gasteiger partial charge in [-0.2, -0.15) is 0 Å². The molecule has 0 spiro atoms. The summed E-state index contributed by atoms with van der Waals surface area (Å²) in [5, 5.41) is 3.27. The van der Waals surface area contributed by atoms with E-state index in [0.29, 0.717) is 12.1 Å².